The molecule has 1 amide bonds. The quantitative estimate of drug-likeness (QED) is 0.748. The first-order chi connectivity index (χ1) is 11.7. The standard InChI is InChI=1S/C16H17ClFN3O3S/c1-21(2)19-16(22)9-11-3-6-13(7-4-11)20-25(23,24)15-8-5-12(17)10-14(15)18/h3-8,10,20H,9H2,1-2H3,(H,19,22). The molecule has 0 saturated heterocycles. The lowest BCUT2D eigenvalue weighted by atomic mass is 10.1. The van der Waals surface area contributed by atoms with Gasteiger partial charge in [-0.1, -0.05) is 23.7 Å². The predicted molar refractivity (Wildman–Crippen MR) is 94.2 cm³/mol. The normalized spacial score (nSPS) is 11.4. The van der Waals surface area contributed by atoms with Crippen LogP contribution in [0.2, 0.25) is 5.02 Å². The Balaban J connectivity index is 2.11. The Morgan fingerprint density at radius 2 is 1.80 bits per heavy atom. The third-order valence-corrected chi connectivity index (χ3v) is 4.75. The number of nitrogens with zero attached hydrogens (tertiary/aromatic N) is 1. The number of rotatable bonds is 6. The van der Waals surface area contributed by atoms with Crippen molar-refractivity contribution in [1.82, 2.24) is 10.4 Å². The van der Waals surface area contributed by atoms with Crippen molar-refractivity contribution in [3.63, 3.8) is 0 Å². The second kappa shape index (κ2) is 7.81. The molecule has 2 aromatic rings. The smallest absolute Gasteiger partial charge is 0.264 e. The van der Waals surface area contributed by atoms with Crippen LogP contribution in [0.3, 0.4) is 0 Å². The van der Waals surface area contributed by atoms with Crippen LogP contribution in [0.1, 0.15) is 5.56 Å². The van der Waals surface area contributed by atoms with Gasteiger partial charge in [-0.15, -0.1) is 0 Å². The topological polar surface area (TPSA) is 78.5 Å². The number of carbonyl (C=O) groups excluding carboxylic acids is 1. The van der Waals surface area contributed by atoms with E-state index in [0.717, 1.165) is 12.1 Å². The zero-order valence-corrected chi connectivity index (χ0v) is 15.2. The molecule has 0 radical (unpaired) electrons. The van der Waals surface area contributed by atoms with Gasteiger partial charge in [-0.25, -0.2) is 17.8 Å². The van der Waals surface area contributed by atoms with Crippen LogP contribution in [-0.4, -0.2) is 33.4 Å². The molecule has 0 saturated carbocycles. The molecule has 0 aliphatic heterocycles. The summed E-state index contributed by atoms with van der Waals surface area (Å²) in [5.74, 6) is -1.13. The number of anilines is 1. The lowest BCUT2D eigenvalue weighted by Crippen LogP contribution is -2.37. The molecular weight excluding hydrogens is 369 g/mol. The van der Waals surface area contributed by atoms with Crippen LogP contribution in [0.15, 0.2) is 47.4 Å². The Morgan fingerprint density at radius 1 is 1.16 bits per heavy atom. The van der Waals surface area contributed by atoms with Crippen LogP contribution in [0, 0.1) is 5.82 Å². The Morgan fingerprint density at radius 3 is 2.36 bits per heavy atom. The van der Waals surface area contributed by atoms with Gasteiger partial charge in [-0.3, -0.25) is 14.9 Å². The number of nitrogens with one attached hydrogen (secondary N) is 2. The van der Waals surface area contributed by atoms with Gasteiger partial charge in [0.25, 0.3) is 10.0 Å². The van der Waals surface area contributed by atoms with Crippen molar-refractivity contribution in [2.75, 3.05) is 18.8 Å². The van der Waals surface area contributed by atoms with Crippen molar-refractivity contribution < 1.29 is 17.6 Å². The summed E-state index contributed by atoms with van der Waals surface area (Å²) in [6.07, 6.45) is 0.150. The Labute approximate surface area is 150 Å². The maximum atomic E-state index is 13.8. The largest absolute Gasteiger partial charge is 0.289 e. The maximum Gasteiger partial charge on any atom is 0.264 e. The SMILES string of the molecule is CN(C)NC(=O)Cc1ccc(NS(=O)(=O)c2ccc(Cl)cc2F)cc1. The molecule has 0 aromatic heterocycles. The molecule has 0 fully saturated rings. The highest BCUT2D eigenvalue weighted by Gasteiger charge is 2.19. The third kappa shape index (κ3) is 5.42. The van der Waals surface area contributed by atoms with E-state index < -0.39 is 20.7 Å². The zero-order chi connectivity index (χ0) is 18.6. The Hall–Kier alpha value is -2.16. The molecular formula is C16H17ClFN3O3S. The number of sulfonamides is 1. The van der Waals surface area contributed by atoms with Crippen molar-refractivity contribution in [3.05, 3.63) is 58.9 Å². The minimum absolute atomic E-state index is 0.108. The molecule has 0 aliphatic carbocycles. The van der Waals surface area contributed by atoms with Crippen molar-refractivity contribution in [1.29, 1.82) is 0 Å². The molecule has 2 aromatic carbocycles. The Bertz CT molecular complexity index is 871. The van der Waals surface area contributed by atoms with E-state index in [1.165, 1.54) is 23.2 Å². The molecule has 0 bridgehead atoms. The van der Waals surface area contributed by atoms with Gasteiger partial charge in [0.15, 0.2) is 0 Å². The highest BCUT2D eigenvalue weighted by Crippen LogP contribution is 2.22. The first-order valence-corrected chi connectivity index (χ1v) is 9.07. The highest BCUT2D eigenvalue weighted by atomic mass is 35.5. The molecule has 6 nitrogen and oxygen atoms in total. The van der Waals surface area contributed by atoms with Gasteiger partial charge in [-0.05, 0) is 35.9 Å². The van der Waals surface area contributed by atoms with Crippen molar-refractivity contribution >= 4 is 33.2 Å². The Kier molecular flexibility index (Phi) is 5.99. The van der Waals surface area contributed by atoms with Crippen LogP contribution in [-0.2, 0) is 21.2 Å². The molecule has 25 heavy (non-hydrogen) atoms. The summed E-state index contributed by atoms with van der Waals surface area (Å²) in [5.41, 5.74) is 3.57. The van der Waals surface area contributed by atoms with E-state index in [4.69, 9.17) is 11.6 Å². The van der Waals surface area contributed by atoms with Crippen LogP contribution >= 0.6 is 11.6 Å². The number of hydrogen-bond acceptors (Lipinski definition) is 4. The second-order valence-electron chi connectivity index (χ2n) is 5.48. The molecule has 2 rings (SSSR count). The summed E-state index contributed by atoms with van der Waals surface area (Å²) in [6, 6.07) is 9.57. The van der Waals surface area contributed by atoms with Gasteiger partial charge in [0.2, 0.25) is 5.91 Å². The highest BCUT2D eigenvalue weighted by molar-refractivity contribution is 7.92. The average Bonchev–Trinajstić information content (AvgIpc) is 2.47. The summed E-state index contributed by atoms with van der Waals surface area (Å²) >= 11 is 5.63. The number of carbonyl (C=O) groups is 1. The second-order valence-corrected chi connectivity index (χ2v) is 7.57. The van der Waals surface area contributed by atoms with Crippen molar-refractivity contribution in [3.8, 4) is 0 Å². The molecule has 2 N–H and O–H groups in total. The molecule has 9 heteroatoms. The summed E-state index contributed by atoms with van der Waals surface area (Å²) in [6.45, 7) is 0. The fraction of sp³-hybridized carbons (Fsp3) is 0.188. The summed E-state index contributed by atoms with van der Waals surface area (Å²) in [5, 5.41) is 1.64. The molecule has 0 aliphatic rings. The monoisotopic (exact) mass is 385 g/mol. The van der Waals surface area contributed by atoms with E-state index in [1.807, 2.05) is 0 Å². The van der Waals surface area contributed by atoms with E-state index in [0.29, 0.717) is 5.56 Å². The fourth-order valence-electron chi connectivity index (χ4n) is 2.07. The number of benzene rings is 2. The van der Waals surface area contributed by atoms with E-state index in [2.05, 4.69) is 10.1 Å². The molecule has 0 spiro atoms. The van der Waals surface area contributed by atoms with Gasteiger partial charge in [0, 0.05) is 24.8 Å². The lowest BCUT2D eigenvalue weighted by Gasteiger charge is -2.12. The first kappa shape index (κ1) is 19.2. The van der Waals surface area contributed by atoms with Crippen LogP contribution in [0.4, 0.5) is 10.1 Å². The van der Waals surface area contributed by atoms with E-state index >= 15 is 0 Å². The van der Waals surface area contributed by atoms with Crippen LogP contribution in [0.25, 0.3) is 0 Å². The fourth-order valence-corrected chi connectivity index (χ4v) is 3.35. The van der Waals surface area contributed by atoms with Crippen LogP contribution in [0.5, 0.6) is 0 Å². The summed E-state index contributed by atoms with van der Waals surface area (Å²) in [7, 11) is -0.682. The number of hydrazine groups is 1. The number of amides is 1. The minimum Gasteiger partial charge on any atom is -0.289 e. The zero-order valence-electron chi connectivity index (χ0n) is 13.6. The number of hydrogen-bond donors (Lipinski definition) is 2. The first-order valence-electron chi connectivity index (χ1n) is 7.21. The summed E-state index contributed by atoms with van der Waals surface area (Å²) < 4.78 is 40.6. The summed E-state index contributed by atoms with van der Waals surface area (Å²) in [4.78, 5) is 11.2. The molecule has 0 atom stereocenters. The third-order valence-electron chi connectivity index (χ3n) is 3.10. The van der Waals surface area contributed by atoms with E-state index in [-0.39, 0.29) is 23.0 Å². The van der Waals surface area contributed by atoms with Crippen LogP contribution < -0.4 is 10.1 Å². The lowest BCUT2D eigenvalue weighted by molar-refractivity contribution is -0.124. The predicted octanol–water partition coefficient (Wildman–Crippen LogP) is 2.42. The average molecular weight is 386 g/mol. The molecule has 0 heterocycles. The van der Waals surface area contributed by atoms with E-state index in [9.17, 15) is 17.6 Å². The van der Waals surface area contributed by atoms with Gasteiger partial charge < -0.3 is 0 Å². The number of halogens is 2. The van der Waals surface area contributed by atoms with Gasteiger partial charge >= 0.3 is 0 Å². The van der Waals surface area contributed by atoms with Gasteiger partial charge in [0.05, 0.1) is 6.42 Å². The maximum absolute atomic E-state index is 13.8. The van der Waals surface area contributed by atoms with E-state index in [1.54, 1.807) is 26.2 Å². The molecule has 0 unspecified atom stereocenters. The van der Waals surface area contributed by atoms with Crippen molar-refractivity contribution in [2.45, 2.75) is 11.3 Å². The van der Waals surface area contributed by atoms with Crippen molar-refractivity contribution in [2.24, 2.45) is 0 Å². The van der Waals surface area contributed by atoms with Gasteiger partial charge in [0.1, 0.15) is 10.7 Å². The minimum atomic E-state index is -4.08. The molecule has 134 valence electrons. The van der Waals surface area contributed by atoms with Gasteiger partial charge in [-0.2, -0.15) is 0 Å².